The lowest BCUT2D eigenvalue weighted by Crippen LogP contribution is -2.14. The number of anilines is 1. The molecule has 9 heteroatoms. The molecule has 136 valence electrons. The second kappa shape index (κ2) is 8.90. The van der Waals surface area contributed by atoms with Gasteiger partial charge in [0.25, 0.3) is 0 Å². The number of rotatable bonds is 7. The highest BCUT2D eigenvalue weighted by Gasteiger charge is 2.13. The summed E-state index contributed by atoms with van der Waals surface area (Å²) in [4.78, 5) is 20.7. The van der Waals surface area contributed by atoms with Gasteiger partial charge < -0.3 is 9.73 Å². The Balaban J connectivity index is 1.55. The summed E-state index contributed by atoms with van der Waals surface area (Å²) < 4.78 is 6.54. The summed E-state index contributed by atoms with van der Waals surface area (Å²) in [5.41, 5.74) is 0.607. The normalized spacial score (nSPS) is 10.9. The van der Waals surface area contributed by atoms with Gasteiger partial charge in [0.05, 0.1) is 28.8 Å². The van der Waals surface area contributed by atoms with Crippen LogP contribution in [0.3, 0.4) is 0 Å². The molecule has 1 amide bonds. The molecule has 2 aromatic heterocycles. The van der Waals surface area contributed by atoms with Crippen molar-refractivity contribution in [2.45, 2.75) is 29.7 Å². The number of thiazole rings is 1. The molecule has 0 aliphatic rings. The Morgan fingerprint density at radius 1 is 1.27 bits per heavy atom. The summed E-state index contributed by atoms with van der Waals surface area (Å²) in [6, 6.07) is 5.16. The molecule has 1 N–H and O–H groups in total. The summed E-state index contributed by atoms with van der Waals surface area (Å²) in [7, 11) is 0. The number of thioether (sulfide) groups is 1. The highest BCUT2D eigenvalue weighted by Crippen LogP contribution is 2.31. The predicted octanol–water partition coefficient (Wildman–Crippen LogP) is 5.47. The lowest BCUT2D eigenvalue weighted by Gasteiger charge is -2.06. The van der Waals surface area contributed by atoms with Crippen molar-refractivity contribution in [1.29, 1.82) is 0 Å². The minimum absolute atomic E-state index is 0.0939. The molecule has 3 rings (SSSR count). The molecule has 0 saturated heterocycles. The smallest absolute Gasteiger partial charge is 0.230 e. The van der Waals surface area contributed by atoms with Crippen molar-refractivity contribution in [1.82, 2.24) is 9.97 Å². The predicted molar refractivity (Wildman–Crippen MR) is 106 cm³/mol. The van der Waals surface area contributed by atoms with E-state index in [1.807, 2.05) is 6.92 Å². The third-order valence-electron chi connectivity index (χ3n) is 3.42. The van der Waals surface area contributed by atoms with Crippen LogP contribution in [0.15, 0.2) is 39.2 Å². The van der Waals surface area contributed by atoms with Crippen molar-refractivity contribution in [3.63, 3.8) is 0 Å². The number of amides is 1. The van der Waals surface area contributed by atoms with E-state index in [0.717, 1.165) is 16.4 Å². The molecule has 1 aromatic carbocycles. The SMILES string of the molecule is CCc1cnc(CSc2cnc(NC(=O)Cc3c(Cl)cccc3Cl)s2)o1. The van der Waals surface area contributed by atoms with E-state index in [4.69, 9.17) is 27.6 Å². The van der Waals surface area contributed by atoms with Crippen LogP contribution >= 0.6 is 46.3 Å². The van der Waals surface area contributed by atoms with E-state index in [1.54, 1.807) is 42.4 Å². The molecule has 0 atom stereocenters. The summed E-state index contributed by atoms with van der Waals surface area (Å²) in [5, 5.41) is 4.25. The van der Waals surface area contributed by atoms with Crippen molar-refractivity contribution in [2.24, 2.45) is 0 Å². The van der Waals surface area contributed by atoms with E-state index in [-0.39, 0.29) is 12.3 Å². The Morgan fingerprint density at radius 2 is 2.04 bits per heavy atom. The van der Waals surface area contributed by atoms with Crippen LogP contribution in [0, 0.1) is 0 Å². The quantitative estimate of drug-likeness (QED) is 0.505. The standard InChI is InChI=1S/C17H15Cl2N3O2S2/c1-2-10-7-20-15(24-10)9-25-16-8-21-17(26-16)22-14(23)6-11-12(18)4-3-5-13(11)19/h3-5,7-8H,2,6,9H2,1H3,(H,21,22,23). The number of nitrogens with one attached hydrogen (secondary N) is 1. The molecule has 0 fully saturated rings. The number of carbonyl (C=O) groups excluding carboxylic acids is 1. The van der Waals surface area contributed by atoms with E-state index < -0.39 is 0 Å². The molecule has 3 aromatic rings. The molecule has 0 spiro atoms. The van der Waals surface area contributed by atoms with Crippen molar-refractivity contribution in [3.8, 4) is 0 Å². The number of aryl methyl sites for hydroxylation is 1. The molecular formula is C17H15Cl2N3O2S2. The first-order valence-electron chi connectivity index (χ1n) is 7.80. The van der Waals surface area contributed by atoms with Gasteiger partial charge in [-0.25, -0.2) is 9.97 Å². The maximum absolute atomic E-state index is 12.2. The van der Waals surface area contributed by atoms with Crippen molar-refractivity contribution >= 4 is 57.3 Å². The number of aromatic nitrogens is 2. The van der Waals surface area contributed by atoms with Gasteiger partial charge in [0.15, 0.2) is 5.13 Å². The van der Waals surface area contributed by atoms with Crippen LogP contribution in [0.2, 0.25) is 10.0 Å². The fraction of sp³-hybridized carbons (Fsp3) is 0.235. The number of oxazole rings is 1. The van der Waals surface area contributed by atoms with Crippen molar-refractivity contribution in [3.05, 3.63) is 57.9 Å². The monoisotopic (exact) mass is 427 g/mol. The van der Waals surface area contributed by atoms with Gasteiger partial charge in [0.1, 0.15) is 5.76 Å². The van der Waals surface area contributed by atoms with Crippen LogP contribution in [0.25, 0.3) is 0 Å². The molecule has 26 heavy (non-hydrogen) atoms. The fourth-order valence-electron chi connectivity index (χ4n) is 2.12. The van der Waals surface area contributed by atoms with Gasteiger partial charge in [0.2, 0.25) is 11.8 Å². The largest absolute Gasteiger partial charge is 0.445 e. The van der Waals surface area contributed by atoms with E-state index in [0.29, 0.717) is 32.4 Å². The van der Waals surface area contributed by atoms with Gasteiger partial charge in [-0.15, -0.1) is 11.8 Å². The van der Waals surface area contributed by atoms with Gasteiger partial charge in [-0.1, -0.05) is 47.5 Å². The fourth-order valence-corrected chi connectivity index (χ4v) is 4.39. The Bertz CT molecular complexity index is 891. The second-order valence-corrected chi connectivity index (χ2v) is 8.39. The molecule has 0 aliphatic carbocycles. The third kappa shape index (κ3) is 5.01. The number of hydrogen-bond donors (Lipinski definition) is 1. The highest BCUT2D eigenvalue weighted by molar-refractivity contribution is 8.00. The van der Waals surface area contributed by atoms with Crippen LogP contribution in [0.1, 0.15) is 24.1 Å². The van der Waals surface area contributed by atoms with Gasteiger partial charge >= 0.3 is 0 Å². The summed E-state index contributed by atoms with van der Waals surface area (Å²) in [6.45, 7) is 2.02. The first-order valence-corrected chi connectivity index (χ1v) is 10.4. The summed E-state index contributed by atoms with van der Waals surface area (Å²) in [5.74, 6) is 1.95. The summed E-state index contributed by atoms with van der Waals surface area (Å²) in [6.07, 6.45) is 4.38. The van der Waals surface area contributed by atoms with Crippen LogP contribution in [0.4, 0.5) is 5.13 Å². The average molecular weight is 428 g/mol. The minimum atomic E-state index is -0.216. The molecule has 0 bridgehead atoms. The van der Waals surface area contributed by atoms with Gasteiger partial charge in [-0.3, -0.25) is 4.79 Å². The van der Waals surface area contributed by atoms with Crippen molar-refractivity contribution in [2.75, 3.05) is 5.32 Å². The Labute approximate surface area is 169 Å². The zero-order valence-electron chi connectivity index (χ0n) is 13.8. The van der Waals surface area contributed by atoms with Crippen molar-refractivity contribution < 1.29 is 9.21 Å². The Morgan fingerprint density at radius 3 is 2.73 bits per heavy atom. The van der Waals surface area contributed by atoms with Crippen LogP contribution in [-0.2, 0) is 23.4 Å². The van der Waals surface area contributed by atoms with Crippen LogP contribution in [-0.4, -0.2) is 15.9 Å². The van der Waals surface area contributed by atoms with Crippen LogP contribution in [0.5, 0.6) is 0 Å². The van der Waals surface area contributed by atoms with E-state index in [2.05, 4.69) is 15.3 Å². The van der Waals surface area contributed by atoms with E-state index in [9.17, 15) is 4.79 Å². The molecule has 0 aliphatic heterocycles. The van der Waals surface area contributed by atoms with Gasteiger partial charge in [-0.05, 0) is 17.7 Å². The third-order valence-corrected chi connectivity index (χ3v) is 6.22. The average Bonchev–Trinajstić information content (AvgIpc) is 3.25. The lowest BCUT2D eigenvalue weighted by molar-refractivity contribution is -0.115. The second-order valence-electron chi connectivity index (χ2n) is 5.27. The molecule has 2 heterocycles. The van der Waals surface area contributed by atoms with E-state index in [1.165, 1.54) is 11.3 Å². The number of carbonyl (C=O) groups is 1. The Kier molecular flexibility index (Phi) is 6.58. The number of benzene rings is 1. The first kappa shape index (κ1) is 19.2. The van der Waals surface area contributed by atoms with Gasteiger partial charge in [0, 0.05) is 16.5 Å². The topological polar surface area (TPSA) is 68.0 Å². The zero-order chi connectivity index (χ0) is 18.5. The number of nitrogens with zero attached hydrogens (tertiary/aromatic N) is 2. The maximum atomic E-state index is 12.2. The van der Waals surface area contributed by atoms with E-state index >= 15 is 0 Å². The molecular weight excluding hydrogens is 413 g/mol. The van der Waals surface area contributed by atoms with Gasteiger partial charge in [-0.2, -0.15) is 0 Å². The summed E-state index contributed by atoms with van der Waals surface area (Å²) >= 11 is 15.2. The first-order chi connectivity index (χ1) is 12.5. The number of hydrogen-bond acceptors (Lipinski definition) is 6. The Hall–Kier alpha value is -1.54. The highest BCUT2D eigenvalue weighted by atomic mass is 35.5. The molecule has 0 radical (unpaired) electrons. The zero-order valence-corrected chi connectivity index (χ0v) is 16.9. The van der Waals surface area contributed by atoms with Crippen LogP contribution < -0.4 is 5.32 Å². The lowest BCUT2D eigenvalue weighted by atomic mass is 10.1. The molecule has 5 nitrogen and oxygen atoms in total. The number of halogens is 2. The molecule has 0 saturated carbocycles. The minimum Gasteiger partial charge on any atom is -0.445 e. The molecule has 0 unspecified atom stereocenters. The maximum Gasteiger partial charge on any atom is 0.230 e.